The number of halogens is 1. The maximum Gasteiger partial charge on any atom is 0.330 e. The van der Waals surface area contributed by atoms with Crippen LogP contribution in [0.1, 0.15) is 11.1 Å². The summed E-state index contributed by atoms with van der Waals surface area (Å²) in [7, 11) is 1.28. The fraction of sp³-hybridized carbons (Fsp3) is 0.182. The van der Waals surface area contributed by atoms with E-state index in [2.05, 4.69) is 4.74 Å². The molecule has 0 aromatic heterocycles. The molecular weight excluding hydrogens is 183 g/mol. The molecule has 3 heteroatoms. The summed E-state index contributed by atoms with van der Waals surface area (Å²) in [4.78, 5) is 10.7. The lowest BCUT2D eigenvalue weighted by Crippen LogP contribution is -1.94. The summed E-state index contributed by atoms with van der Waals surface area (Å²) in [5.74, 6) is -0.846. The molecule has 0 aliphatic heterocycles. The molecule has 74 valence electrons. The van der Waals surface area contributed by atoms with Crippen molar-refractivity contribution in [3.05, 3.63) is 41.2 Å². The van der Waals surface area contributed by atoms with Crippen LogP contribution in [0.3, 0.4) is 0 Å². The summed E-state index contributed by atoms with van der Waals surface area (Å²) in [6.07, 6.45) is 2.59. The Labute approximate surface area is 82.0 Å². The second-order valence-electron chi connectivity index (χ2n) is 2.88. The van der Waals surface area contributed by atoms with Crippen LogP contribution >= 0.6 is 0 Å². The van der Waals surface area contributed by atoms with Crippen LogP contribution in [0.4, 0.5) is 4.39 Å². The summed E-state index contributed by atoms with van der Waals surface area (Å²) in [5.41, 5.74) is 1.33. The van der Waals surface area contributed by atoms with Gasteiger partial charge < -0.3 is 4.74 Å². The van der Waals surface area contributed by atoms with Crippen LogP contribution in [0.15, 0.2) is 24.3 Å². The first-order chi connectivity index (χ1) is 6.63. The van der Waals surface area contributed by atoms with Crippen LogP contribution < -0.4 is 0 Å². The van der Waals surface area contributed by atoms with Gasteiger partial charge in [-0.25, -0.2) is 9.18 Å². The molecule has 0 amide bonds. The van der Waals surface area contributed by atoms with Gasteiger partial charge in [-0.3, -0.25) is 0 Å². The fourth-order valence-electron chi connectivity index (χ4n) is 1.02. The second-order valence-corrected chi connectivity index (χ2v) is 2.88. The summed E-state index contributed by atoms with van der Waals surface area (Å²) in [6.45, 7) is 1.86. The van der Waals surface area contributed by atoms with Crippen LogP contribution in [-0.4, -0.2) is 13.1 Å². The Morgan fingerprint density at radius 1 is 1.50 bits per heavy atom. The van der Waals surface area contributed by atoms with E-state index in [0.29, 0.717) is 5.56 Å². The third-order valence-corrected chi connectivity index (χ3v) is 1.75. The molecule has 0 spiro atoms. The monoisotopic (exact) mass is 194 g/mol. The largest absolute Gasteiger partial charge is 0.466 e. The lowest BCUT2D eigenvalue weighted by Gasteiger charge is -1.98. The van der Waals surface area contributed by atoms with Crippen LogP contribution in [0, 0.1) is 12.7 Å². The zero-order chi connectivity index (χ0) is 10.6. The molecule has 1 rings (SSSR count). The second kappa shape index (κ2) is 4.56. The molecule has 0 bridgehead atoms. The highest BCUT2D eigenvalue weighted by Crippen LogP contribution is 2.11. The Balaban J connectivity index is 2.90. The van der Waals surface area contributed by atoms with Gasteiger partial charge in [0.05, 0.1) is 7.11 Å². The van der Waals surface area contributed by atoms with E-state index in [0.717, 1.165) is 5.56 Å². The van der Waals surface area contributed by atoms with Crippen LogP contribution in [0.25, 0.3) is 6.08 Å². The van der Waals surface area contributed by atoms with Crippen LogP contribution in [0.5, 0.6) is 0 Å². The van der Waals surface area contributed by atoms with Crippen molar-refractivity contribution in [3.8, 4) is 0 Å². The molecule has 0 N–H and O–H groups in total. The molecule has 2 nitrogen and oxygen atoms in total. The minimum Gasteiger partial charge on any atom is -0.466 e. The average Bonchev–Trinajstić information content (AvgIpc) is 2.19. The highest BCUT2D eigenvalue weighted by molar-refractivity contribution is 5.86. The predicted octanol–water partition coefficient (Wildman–Crippen LogP) is 2.32. The normalized spacial score (nSPS) is 10.5. The van der Waals surface area contributed by atoms with Crippen molar-refractivity contribution in [2.75, 3.05) is 7.11 Å². The minimum absolute atomic E-state index is 0.351. The Hall–Kier alpha value is -1.64. The van der Waals surface area contributed by atoms with E-state index < -0.39 is 5.97 Å². The predicted molar refractivity (Wildman–Crippen MR) is 52.2 cm³/mol. The third-order valence-electron chi connectivity index (χ3n) is 1.75. The van der Waals surface area contributed by atoms with E-state index in [-0.39, 0.29) is 5.82 Å². The number of esters is 1. The van der Waals surface area contributed by atoms with E-state index >= 15 is 0 Å². The maximum absolute atomic E-state index is 13.1. The number of hydrogen-bond donors (Lipinski definition) is 0. The van der Waals surface area contributed by atoms with E-state index in [1.165, 1.54) is 25.3 Å². The van der Waals surface area contributed by atoms with Crippen molar-refractivity contribution in [3.63, 3.8) is 0 Å². The number of benzene rings is 1. The van der Waals surface area contributed by atoms with E-state index in [1.807, 2.05) is 6.92 Å². The smallest absolute Gasteiger partial charge is 0.330 e. The zero-order valence-electron chi connectivity index (χ0n) is 8.08. The van der Waals surface area contributed by atoms with Crippen molar-refractivity contribution < 1.29 is 13.9 Å². The van der Waals surface area contributed by atoms with Gasteiger partial charge in [0, 0.05) is 11.6 Å². The van der Waals surface area contributed by atoms with Gasteiger partial charge in [-0.15, -0.1) is 0 Å². The Bertz CT molecular complexity index is 370. The van der Waals surface area contributed by atoms with Crippen molar-refractivity contribution in [1.82, 2.24) is 0 Å². The third kappa shape index (κ3) is 2.69. The van der Waals surface area contributed by atoms with Gasteiger partial charge in [0.25, 0.3) is 0 Å². The van der Waals surface area contributed by atoms with Crippen LogP contribution in [-0.2, 0) is 9.53 Å². The molecule has 1 aromatic carbocycles. The molecular formula is C11H11FO2. The molecule has 1 aromatic rings. The molecule has 0 aliphatic rings. The highest BCUT2D eigenvalue weighted by Gasteiger charge is 1.99. The van der Waals surface area contributed by atoms with Gasteiger partial charge in [0.1, 0.15) is 5.82 Å². The Morgan fingerprint density at radius 2 is 2.21 bits per heavy atom. The zero-order valence-corrected chi connectivity index (χ0v) is 8.08. The minimum atomic E-state index is -0.495. The van der Waals surface area contributed by atoms with Gasteiger partial charge in [-0.1, -0.05) is 11.6 Å². The number of aryl methyl sites for hydroxylation is 1. The first kappa shape index (κ1) is 10.4. The quantitative estimate of drug-likeness (QED) is 0.533. The molecule has 0 fully saturated rings. The van der Waals surface area contributed by atoms with Crippen molar-refractivity contribution in [2.24, 2.45) is 0 Å². The van der Waals surface area contributed by atoms with Crippen LogP contribution in [0.2, 0.25) is 0 Å². The standard InChI is InChI=1S/C11H11FO2/c1-8-3-5-10(12)9(7-8)4-6-11(13)14-2/h3-7H,1-2H3/b6-4+. The Morgan fingerprint density at radius 3 is 2.86 bits per heavy atom. The fourth-order valence-corrected chi connectivity index (χ4v) is 1.02. The van der Waals surface area contributed by atoms with E-state index in [1.54, 1.807) is 12.1 Å². The average molecular weight is 194 g/mol. The Kier molecular flexibility index (Phi) is 3.40. The SMILES string of the molecule is COC(=O)/C=C/c1cc(C)ccc1F. The topological polar surface area (TPSA) is 26.3 Å². The first-order valence-corrected chi connectivity index (χ1v) is 4.15. The number of rotatable bonds is 2. The van der Waals surface area contributed by atoms with Gasteiger partial charge in [0.2, 0.25) is 0 Å². The molecule has 0 radical (unpaired) electrons. The summed E-state index contributed by atoms with van der Waals surface area (Å²) in [5, 5.41) is 0. The lowest BCUT2D eigenvalue weighted by atomic mass is 10.1. The summed E-state index contributed by atoms with van der Waals surface area (Å²) < 4.78 is 17.5. The number of carbonyl (C=O) groups is 1. The van der Waals surface area contributed by atoms with Gasteiger partial charge in [0.15, 0.2) is 0 Å². The van der Waals surface area contributed by atoms with Gasteiger partial charge in [-0.2, -0.15) is 0 Å². The van der Waals surface area contributed by atoms with Gasteiger partial charge >= 0.3 is 5.97 Å². The number of ether oxygens (including phenoxy) is 1. The molecule has 0 heterocycles. The van der Waals surface area contributed by atoms with Gasteiger partial charge in [-0.05, 0) is 25.1 Å². The summed E-state index contributed by atoms with van der Waals surface area (Å²) >= 11 is 0. The summed E-state index contributed by atoms with van der Waals surface area (Å²) in [6, 6.07) is 4.70. The van der Waals surface area contributed by atoms with E-state index in [9.17, 15) is 9.18 Å². The first-order valence-electron chi connectivity index (χ1n) is 4.15. The number of hydrogen-bond acceptors (Lipinski definition) is 2. The molecule has 14 heavy (non-hydrogen) atoms. The molecule has 0 saturated heterocycles. The van der Waals surface area contributed by atoms with E-state index in [4.69, 9.17) is 0 Å². The molecule has 0 saturated carbocycles. The molecule has 0 unspecified atom stereocenters. The molecule has 0 aliphatic carbocycles. The molecule has 0 atom stereocenters. The number of methoxy groups -OCH3 is 1. The van der Waals surface area contributed by atoms with Crippen molar-refractivity contribution in [2.45, 2.75) is 6.92 Å². The van der Waals surface area contributed by atoms with Crippen molar-refractivity contribution >= 4 is 12.0 Å². The maximum atomic E-state index is 13.1. The lowest BCUT2D eigenvalue weighted by molar-refractivity contribution is -0.134. The number of carbonyl (C=O) groups excluding carboxylic acids is 1. The highest BCUT2D eigenvalue weighted by atomic mass is 19.1. The van der Waals surface area contributed by atoms with Crippen molar-refractivity contribution in [1.29, 1.82) is 0 Å².